The normalized spacial score (nSPS) is 14.6. The molecule has 1 aromatic carbocycles. The van der Waals surface area contributed by atoms with Gasteiger partial charge in [0.05, 0.1) is 18.3 Å². The standard InChI is InChI=1S/C16H16BrClN2O/c1-19-15(14-3-2-12(17)9-20-14)8-11-7-13(18)6-10-4-5-21-16(10)11/h2-3,6-7,9,15,19H,4-5,8H2,1H3. The number of ether oxygens (including phenoxy) is 1. The summed E-state index contributed by atoms with van der Waals surface area (Å²) in [6.45, 7) is 0.740. The van der Waals surface area contributed by atoms with Crippen LogP contribution in [-0.2, 0) is 12.8 Å². The Morgan fingerprint density at radius 1 is 1.43 bits per heavy atom. The van der Waals surface area contributed by atoms with Crippen molar-refractivity contribution < 1.29 is 4.74 Å². The van der Waals surface area contributed by atoms with Crippen LogP contribution < -0.4 is 10.1 Å². The second kappa shape index (κ2) is 6.34. The van der Waals surface area contributed by atoms with E-state index >= 15 is 0 Å². The molecule has 0 fully saturated rings. The average molecular weight is 368 g/mol. The first-order valence-corrected chi connectivity index (χ1v) is 8.07. The zero-order chi connectivity index (χ0) is 14.8. The molecule has 0 spiro atoms. The maximum absolute atomic E-state index is 6.22. The number of aromatic nitrogens is 1. The zero-order valence-electron chi connectivity index (χ0n) is 11.7. The zero-order valence-corrected chi connectivity index (χ0v) is 14.0. The first kappa shape index (κ1) is 14.8. The van der Waals surface area contributed by atoms with Crippen LogP contribution in [0.4, 0.5) is 0 Å². The summed E-state index contributed by atoms with van der Waals surface area (Å²) in [5.41, 5.74) is 3.35. The van der Waals surface area contributed by atoms with Gasteiger partial charge >= 0.3 is 0 Å². The van der Waals surface area contributed by atoms with E-state index in [-0.39, 0.29) is 6.04 Å². The molecular formula is C16H16BrClN2O. The van der Waals surface area contributed by atoms with Crippen LogP contribution >= 0.6 is 27.5 Å². The lowest BCUT2D eigenvalue weighted by atomic mass is 9.99. The van der Waals surface area contributed by atoms with E-state index in [1.165, 1.54) is 5.56 Å². The van der Waals surface area contributed by atoms with Gasteiger partial charge in [0.15, 0.2) is 0 Å². The summed E-state index contributed by atoms with van der Waals surface area (Å²) < 4.78 is 6.75. The molecule has 0 saturated carbocycles. The van der Waals surface area contributed by atoms with E-state index in [1.807, 2.05) is 37.5 Å². The molecule has 3 nitrogen and oxygen atoms in total. The first-order valence-electron chi connectivity index (χ1n) is 6.90. The molecule has 1 aromatic heterocycles. The highest BCUT2D eigenvalue weighted by Gasteiger charge is 2.21. The Labute approximate surface area is 137 Å². The number of pyridine rings is 1. The molecule has 2 heterocycles. The van der Waals surface area contributed by atoms with E-state index in [0.717, 1.165) is 46.0 Å². The highest BCUT2D eigenvalue weighted by molar-refractivity contribution is 9.10. The molecule has 0 bridgehead atoms. The SMILES string of the molecule is CNC(Cc1cc(Cl)cc2c1OCC2)c1ccc(Br)cn1. The van der Waals surface area contributed by atoms with Gasteiger partial charge in [0.2, 0.25) is 0 Å². The van der Waals surface area contributed by atoms with Crippen molar-refractivity contribution in [3.05, 3.63) is 56.8 Å². The molecule has 21 heavy (non-hydrogen) atoms. The third-order valence-electron chi connectivity index (χ3n) is 3.71. The summed E-state index contributed by atoms with van der Waals surface area (Å²) in [6, 6.07) is 8.15. The lowest BCUT2D eigenvalue weighted by molar-refractivity contribution is 0.352. The second-order valence-corrected chi connectivity index (χ2v) is 6.45. The van der Waals surface area contributed by atoms with Gasteiger partial charge in [-0.3, -0.25) is 4.98 Å². The number of nitrogens with zero attached hydrogens (tertiary/aromatic N) is 1. The van der Waals surface area contributed by atoms with Crippen molar-refractivity contribution >= 4 is 27.5 Å². The van der Waals surface area contributed by atoms with Crippen molar-refractivity contribution in [3.8, 4) is 5.75 Å². The number of halogens is 2. The third-order valence-corrected chi connectivity index (χ3v) is 4.39. The van der Waals surface area contributed by atoms with Crippen molar-refractivity contribution in [2.75, 3.05) is 13.7 Å². The Morgan fingerprint density at radius 2 is 2.29 bits per heavy atom. The highest BCUT2D eigenvalue weighted by Crippen LogP contribution is 2.35. The molecule has 1 aliphatic rings. The molecule has 1 atom stereocenters. The van der Waals surface area contributed by atoms with Gasteiger partial charge in [0.25, 0.3) is 0 Å². The van der Waals surface area contributed by atoms with Gasteiger partial charge in [-0.05, 0) is 64.8 Å². The van der Waals surface area contributed by atoms with E-state index in [2.05, 4.69) is 26.2 Å². The fourth-order valence-electron chi connectivity index (χ4n) is 2.67. The second-order valence-electron chi connectivity index (χ2n) is 5.10. The highest BCUT2D eigenvalue weighted by atomic mass is 79.9. The first-order chi connectivity index (χ1) is 10.2. The summed E-state index contributed by atoms with van der Waals surface area (Å²) in [5.74, 6) is 0.997. The topological polar surface area (TPSA) is 34.1 Å². The summed E-state index contributed by atoms with van der Waals surface area (Å²) >= 11 is 9.64. The van der Waals surface area contributed by atoms with Crippen LogP contribution in [0.2, 0.25) is 5.02 Å². The van der Waals surface area contributed by atoms with Crippen LogP contribution in [0.3, 0.4) is 0 Å². The molecule has 1 N–H and O–H groups in total. The maximum atomic E-state index is 6.22. The number of hydrogen-bond donors (Lipinski definition) is 1. The minimum atomic E-state index is 0.130. The minimum Gasteiger partial charge on any atom is -0.493 e. The summed E-state index contributed by atoms with van der Waals surface area (Å²) in [7, 11) is 1.94. The van der Waals surface area contributed by atoms with Gasteiger partial charge in [0, 0.05) is 22.1 Å². The molecule has 2 aromatic rings. The van der Waals surface area contributed by atoms with Crippen LogP contribution in [0.25, 0.3) is 0 Å². The maximum Gasteiger partial charge on any atom is 0.125 e. The van der Waals surface area contributed by atoms with E-state index in [9.17, 15) is 0 Å². The van der Waals surface area contributed by atoms with Crippen molar-refractivity contribution in [2.45, 2.75) is 18.9 Å². The molecule has 1 aliphatic heterocycles. The lowest BCUT2D eigenvalue weighted by Gasteiger charge is -2.18. The number of nitrogens with one attached hydrogen (secondary N) is 1. The number of benzene rings is 1. The largest absolute Gasteiger partial charge is 0.493 e. The minimum absolute atomic E-state index is 0.130. The Bertz CT molecular complexity index is 645. The molecule has 0 aliphatic carbocycles. The number of rotatable bonds is 4. The summed E-state index contributed by atoms with van der Waals surface area (Å²) in [6.07, 6.45) is 3.55. The number of likely N-dealkylation sites (N-methyl/N-ethyl adjacent to an activating group) is 1. The van der Waals surface area contributed by atoms with Gasteiger partial charge in [-0.2, -0.15) is 0 Å². The molecule has 0 saturated heterocycles. The average Bonchev–Trinajstić information content (AvgIpc) is 2.94. The summed E-state index contributed by atoms with van der Waals surface area (Å²) in [4.78, 5) is 4.48. The van der Waals surface area contributed by atoms with Crippen molar-refractivity contribution in [1.82, 2.24) is 10.3 Å². The van der Waals surface area contributed by atoms with Crippen LogP contribution in [0.1, 0.15) is 22.9 Å². The molecule has 0 radical (unpaired) electrons. The number of fused-ring (bicyclic) bond motifs is 1. The monoisotopic (exact) mass is 366 g/mol. The van der Waals surface area contributed by atoms with Gasteiger partial charge < -0.3 is 10.1 Å². The van der Waals surface area contributed by atoms with Gasteiger partial charge in [0.1, 0.15) is 5.75 Å². The molecule has 5 heteroatoms. The van der Waals surface area contributed by atoms with Crippen LogP contribution in [-0.4, -0.2) is 18.6 Å². The fourth-order valence-corrected chi connectivity index (χ4v) is 3.16. The van der Waals surface area contributed by atoms with E-state index in [4.69, 9.17) is 16.3 Å². The van der Waals surface area contributed by atoms with Gasteiger partial charge in [-0.25, -0.2) is 0 Å². The lowest BCUT2D eigenvalue weighted by Crippen LogP contribution is -2.20. The van der Waals surface area contributed by atoms with Crippen LogP contribution in [0.15, 0.2) is 34.9 Å². The predicted octanol–water partition coefficient (Wildman–Crippen LogP) is 3.94. The molecular weight excluding hydrogens is 352 g/mol. The van der Waals surface area contributed by atoms with E-state index < -0.39 is 0 Å². The summed E-state index contributed by atoms with van der Waals surface area (Å²) in [5, 5.41) is 4.09. The Kier molecular flexibility index (Phi) is 4.48. The van der Waals surface area contributed by atoms with Gasteiger partial charge in [-0.15, -0.1) is 0 Å². The Hall–Kier alpha value is -1.10. The Morgan fingerprint density at radius 3 is 3.00 bits per heavy atom. The number of hydrogen-bond acceptors (Lipinski definition) is 3. The molecule has 1 unspecified atom stereocenters. The predicted molar refractivity (Wildman–Crippen MR) is 88.1 cm³/mol. The molecule has 3 rings (SSSR count). The smallest absolute Gasteiger partial charge is 0.125 e. The molecule has 110 valence electrons. The van der Waals surface area contributed by atoms with Crippen molar-refractivity contribution in [3.63, 3.8) is 0 Å². The fraction of sp³-hybridized carbons (Fsp3) is 0.312. The Balaban J connectivity index is 1.89. The van der Waals surface area contributed by atoms with E-state index in [1.54, 1.807) is 0 Å². The van der Waals surface area contributed by atoms with E-state index in [0.29, 0.717) is 0 Å². The van der Waals surface area contributed by atoms with Crippen molar-refractivity contribution in [1.29, 1.82) is 0 Å². The van der Waals surface area contributed by atoms with Crippen LogP contribution in [0, 0.1) is 0 Å². The van der Waals surface area contributed by atoms with Crippen LogP contribution in [0.5, 0.6) is 5.75 Å². The molecule has 0 amide bonds. The quantitative estimate of drug-likeness (QED) is 0.889. The van der Waals surface area contributed by atoms with Gasteiger partial charge in [-0.1, -0.05) is 11.6 Å². The third kappa shape index (κ3) is 3.23. The van der Waals surface area contributed by atoms with Crippen molar-refractivity contribution in [2.24, 2.45) is 0 Å².